The first-order chi connectivity index (χ1) is 8.37. The van der Waals surface area contributed by atoms with Crippen molar-refractivity contribution in [1.29, 1.82) is 0 Å². The summed E-state index contributed by atoms with van der Waals surface area (Å²) in [4.78, 5) is 14.4. The predicted molar refractivity (Wildman–Crippen MR) is 70.8 cm³/mol. The Labute approximate surface area is 109 Å². The van der Waals surface area contributed by atoms with E-state index in [-0.39, 0.29) is 17.5 Å². The van der Waals surface area contributed by atoms with Crippen LogP contribution in [-0.2, 0) is 11.8 Å². The van der Waals surface area contributed by atoms with Crippen molar-refractivity contribution in [2.24, 2.45) is 7.05 Å². The second-order valence-electron chi connectivity index (χ2n) is 5.79. The molecule has 1 aliphatic rings. The van der Waals surface area contributed by atoms with E-state index in [1.165, 1.54) is 0 Å². The first-order valence-electron chi connectivity index (χ1n) is 6.42. The van der Waals surface area contributed by atoms with Gasteiger partial charge in [-0.2, -0.15) is 0 Å². The second kappa shape index (κ2) is 4.86. The van der Waals surface area contributed by atoms with Gasteiger partial charge in [-0.3, -0.25) is 9.69 Å². The van der Waals surface area contributed by atoms with Crippen LogP contribution in [0.25, 0.3) is 0 Å². The Kier molecular flexibility index (Phi) is 3.59. The molecule has 0 aromatic carbocycles. The molecule has 0 radical (unpaired) electrons. The monoisotopic (exact) mass is 250 g/mol. The summed E-state index contributed by atoms with van der Waals surface area (Å²) >= 11 is 0. The molecule has 2 heterocycles. The van der Waals surface area contributed by atoms with Crippen molar-refractivity contribution in [2.75, 3.05) is 19.6 Å². The Bertz CT molecular complexity index is 437. The maximum Gasteiger partial charge on any atom is 0.193 e. The molecule has 0 amide bonds. The van der Waals surface area contributed by atoms with Gasteiger partial charge < -0.3 is 9.30 Å². The van der Waals surface area contributed by atoms with Crippen molar-refractivity contribution >= 4 is 5.78 Å². The number of hydrogen-bond donors (Lipinski definition) is 0. The second-order valence-corrected chi connectivity index (χ2v) is 5.79. The molecular formula is C14H22N2O2. The highest BCUT2D eigenvalue weighted by Crippen LogP contribution is 2.20. The largest absolute Gasteiger partial charge is 0.370 e. The number of rotatable bonds is 3. The van der Waals surface area contributed by atoms with Crippen molar-refractivity contribution in [2.45, 2.75) is 32.5 Å². The van der Waals surface area contributed by atoms with E-state index >= 15 is 0 Å². The van der Waals surface area contributed by atoms with Gasteiger partial charge in [0.25, 0.3) is 0 Å². The summed E-state index contributed by atoms with van der Waals surface area (Å²) in [5.74, 6) is 0.174. The van der Waals surface area contributed by atoms with Crippen LogP contribution in [0.1, 0.15) is 31.3 Å². The molecule has 1 aromatic rings. The van der Waals surface area contributed by atoms with Crippen molar-refractivity contribution in [3.8, 4) is 0 Å². The van der Waals surface area contributed by atoms with E-state index in [0.717, 1.165) is 18.8 Å². The zero-order valence-electron chi connectivity index (χ0n) is 11.6. The molecule has 4 nitrogen and oxygen atoms in total. The Hall–Kier alpha value is -1.13. The van der Waals surface area contributed by atoms with E-state index in [1.807, 2.05) is 29.9 Å². The van der Waals surface area contributed by atoms with Gasteiger partial charge in [0.2, 0.25) is 0 Å². The fourth-order valence-corrected chi connectivity index (χ4v) is 2.74. The van der Waals surface area contributed by atoms with Crippen LogP contribution in [0.2, 0.25) is 0 Å². The fourth-order valence-electron chi connectivity index (χ4n) is 2.74. The first kappa shape index (κ1) is 13.3. The molecule has 1 aliphatic heterocycles. The van der Waals surface area contributed by atoms with Crippen molar-refractivity contribution in [3.63, 3.8) is 0 Å². The van der Waals surface area contributed by atoms with E-state index < -0.39 is 0 Å². The quantitative estimate of drug-likeness (QED) is 0.766. The number of nitrogens with zero attached hydrogens (tertiary/aromatic N) is 2. The van der Waals surface area contributed by atoms with Crippen LogP contribution >= 0.6 is 0 Å². The molecule has 2 rings (SSSR count). The summed E-state index contributed by atoms with van der Waals surface area (Å²) in [6.07, 6.45) is 2.08. The molecule has 1 atom stereocenters. The highest BCUT2D eigenvalue weighted by molar-refractivity contribution is 5.96. The van der Waals surface area contributed by atoms with Crippen LogP contribution in [-0.4, -0.2) is 46.6 Å². The summed E-state index contributed by atoms with van der Waals surface area (Å²) in [6.45, 7) is 8.29. The molecule has 0 spiro atoms. The summed E-state index contributed by atoms with van der Waals surface area (Å²) < 4.78 is 7.71. The SMILES string of the molecule is CC1CN(CC(=O)c2cccn2C)CC(C)(C)O1. The number of hydrogen-bond acceptors (Lipinski definition) is 3. The third-order valence-electron chi connectivity index (χ3n) is 3.24. The molecule has 1 aromatic heterocycles. The van der Waals surface area contributed by atoms with Gasteiger partial charge in [-0.15, -0.1) is 0 Å². The average Bonchev–Trinajstić information content (AvgIpc) is 2.60. The minimum Gasteiger partial charge on any atom is -0.370 e. The number of aryl methyl sites for hydroxylation is 1. The van der Waals surface area contributed by atoms with Gasteiger partial charge in [0, 0.05) is 26.3 Å². The van der Waals surface area contributed by atoms with E-state index in [0.29, 0.717) is 6.54 Å². The Morgan fingerprint density at radius 2 is 2.28 bits per heavy atom. The molecule has 4 heteroatoms. The zero-order chi connectivity index (χ0) is 13.3. The molecule has 0 aliphatic carbocycles. The lowest BCUT2D eigenvalue weighted by atomic mass is 10.1. The standard InChI is InChI=1S/C14H22N2O2/c1-11-8-16(10-14(2,3)18-11)9-13(17)12-6-5-7-15(12)4/h5-7,11H,8-10H2,1-4H3. The van der Waals surface area contributed by atoms with E-state index in [9.17, 15) is 4.79 Å². The minimum atomic E-state index is -0.174. The number of morpholine rings is 1. The highest BCUT2D eigenvalue weighted by Gasteiger charge is 2.32. The zero-order valence-corrected chi connectivity index (χ0v) is 11.6. The van der Waals surface area contributed by atoms with E-state index in [4.69, 9.17) is 4.74 Å². The van der Waals surface area contributed by atoms with E-state index in [1.54, 1.807) is 0 Å². The van der Waals surface area contributed by atoms with Crippen LogP contribution in [0.15, 0.2) is 18.3 Å². The Morgan fingerprint density at radius 1 is 1.56 bits per heavy atom. The number of carbonyl (C=O) groups excluding carboxylic acids is 1. The van der Waals surface area contributed by atoms with Crippen molar-refractivity contribution in [3.05, 3.63) is 24.0 Å². The fraction of sp³-hybridized carbons (Fsp3) is 0.643. The molecule has 1 fully saturated rings. The summed E-state index contributed by atoms with van der Waals surface area (Å²) in [7, 11) is 1.90. The number of Topliss-reactive ketones (excluding diaryl/α,β-unsaturated/α-hetero) is 1. The van der Waals surface area contributed by atoms with Gasteiger partial charge >= 0.3 is 0 Å². The molecular weight excluding hydrogens is 228 g/mol. The highest BCUT2D eigenvalue weighted by atomic mass is 16.5. The predicted octanol–water partition coefficient (Wildman–Crippen LogP) is 1.71. The van der Waals surface area contributed by atoms with Gasteiger partial charge in [0.05, 0.1) is 23.9 Å². The minimum absolute atomic E-state index is 0.174. The molecule has 1 unspecified atom stereocenters. The molecule has 0 saturated carbocycles. The number of ketones is 1. The summed E-state index contributed by atoms with van der Waals surface area (Å²) in [6, 6.07) is 3.77. The maximum absolute atomic E-state index is 12.2. The Morgan fingerprint density at radius 3 is 2.83 bits per heavy atom. The lowest BCUT2D eigenvalue weighted by Crippen LogP contribution is -2.53. The van der Waals surface area contributed by atoms with Crippen LogP contribution in [0.5, 0.6) is 0 Å². The molecule has 1 saturated heterocycles. The van der Waals surface area contributed by atoms with Gasteiger partial charge in [0.1, 0.15) is 0 Å². The molecule has 0 N–H and O–H groups in total. The Balaban J connectivity index is 2.01. The van der Waals surface area contributed by atoms with Crippen LogP contribution in [0.3, 0.4) is 0 Å². The van der Waals surface area contributed by atoms with Crippen molar-refractivity contribution < 1.29 is 9.53 Å². The lowest BCUT2D eigenvalue weighted by molar-refractivity contribution is -0.126. The van der Waals surface area contributed by atoms with Gasteiger partial charge in [-0.25, -0.2) is 0 Å². The topological polar surface area (TPSA) is 34.5 Å². The van der Waals surface area contributed by atoms with Crippen LogP contribution in [0.4, 0.5) is 0 Å². The third-order valence-corrected chi connectivity index (χ3v) is 3.24. The summed E-state index contributed by atoms with van der Waals surface area (Å²) in [5, 5.41) is 0. The number of aromatic nitrogens is 1. The van der Waals surface area contributed by atoms with Gasteiger partial charge in [-0.05, 0) is 32.9 Å². The first-order valence-corrected chi connectivity index (χ1v) is 6.42. The number of carbonyl (C=O) groups is 1. The lowest BCUT2D eigenvalue weighted by Gasteiger charge is -2.41. The maximum atomic E-state index is 12.2. The van der Waals surface area contributed by atoms with Crippen molar-refractivity contribution in [1.82, 2.24) is 9.47 Å². The van der Waals surface area contributed by atoms with Gasteiger partial charge in [-0.1, -0.05) is 0 Å². The third kappa shape index (κ3) is 3.00. The van der Waals surface area contributed by atoms with Crippen LogP contribution in [0, 0.1) is 0 Å². The summed E-state index contributed by atoms with van der Waals surface area (Å²) in [5.41, 5.74) is 0.596. The molecule has 0 bridgehead atoms. The average molecular weight is 250 g/mol. The number of ether oxygens (including phenoxy) is 1. The normalized spacial score (nSPS) is 24.1. The van der Waals surface area contributed by atoms with E-state index in [2.05, 4.69) is 25.7 Å². The molecule has 18 heavy (non-hydrogen) atoms. The smallest absolute Gasteiger partial charge is 0.193 e. The molecule has 100 valence electrons. The van der Waals surface area contributed by atoms with Gasteiger partial charge in [0.15, 0.2) is 5.78 Å². The van der Waals surface area contributed by atoms with Crippen LogP contribution < -0.4 is 0 Å².